The van der Waals surface area contributed by atoms with Gasteiger partial charge >= 0.3 is 5.97 Å². The van der Waals surface area contributed by atoms with Gasteiger partial charge in [0.25, 0.3) is 5.91 Å². The molecule has 2 N–H and O–H groups in total. The van der Waals surface area contributed by atoms with Gasteiger partial charge in [-0.2, -0.15) is 0 Å². The Hall–Kier alpha value is -2.11. The van der Waals surface area contributed by atoms with Crippen molar-refractivity contribution in [3.8, 4) is 5.75 Å². The molecule has 0 aliphatic carbocycles. The Balaban J connectivity index is 2.31. The molecule has 21 heavy (non-hydrogen) atoms. The lowest BCUT2D eigenvalue weighted by atomic mass is 10.1. The molecule has 1 rings (SSSR count). The van der Waals surface area contributed by atoms with Crippen LogP contribution >= 0.6 is 0 Å². The molecule has 0 saturated heterocycles. The predicted molar refractivity (Wildman–Crippen MR) is 76.0 cm³/mol. The molecule has 0 fully saturated rings. The van der Waals surface area contributed by atoms with Crippen LogP contribution in [0.2, 0.25) is 0 Å². The standard InChI is InChI=1S/C15H20FNO4/c1-21-13-8-7-11(16)10-12(13)15(20)17-9-5-3-2-4-6-14(18)19/h7-8,10H,2-6,9H2,1H3,(H,17,20)(H,18,19). The van der Waals surface area contributed by atoms with Gasteiger partial charge in [-0.1, -0.05) is 12.8 Å². The Morgan fingerprint density at radius 2 is 1.95 bits per heavy atom. The number of benzene rings is 1. The summed E-state index contributed by atoms with van der Waals surface area (Å²) in [5, 5.41) is 11.2. The van der Waals surface area contributed by atoms with Crippen molar-refractivity contribution in [1.82, 2.24) is 5.32 Å². The number of carbonyl (C=O) groups is 2. The molecule has 0 bridgehead atoms. The lowest BCUT2D eigenvalue weighted by Gasteiger charge is -2.09. The molecule has 1 amide bonds. The van der Waals surface area contributed by atoms with Gasteiger partial charge in [0.05, 0.1) is 12.7 Å². The Morgan fingerprint density at radius 1 is 1.24 bits per heavy atom. The second-order valence-electron chi connectivity index (χ2n) is 4.66. The Kier molecular flexibility index (Phi) is 7.21. The van der Waals surface area contributed by atoms with Crippen LogP contribution in [0.1, 0.15) is 42.5 Å². The van der Waals surface area contributed by atoms with Gasteiger partial charge in [0.15, 0.2) is 0 Å². The summed E-state index contributed by atoms with van der Waals surface area (Å²) in [6, 6.07) is 3.79. The van der Waals surface area contributed by atoms with Gasteiger partial charge < -0.3 is 15.2 Å². The van der Waals surface area contributed by atoms with Crippen molar-refractivity contribution in [2.75, 3.05) is 13.7 Å². The number of ether oxygens (including phenoxy) is 1. The number of unbranched alkanes of at least 4 members (excludes halogenated alkanes) is 3. The maximum atomic E-state index is 13.2. The second kappa shape index (κ2) is 8.94. The molecule has 0 heterocycles. The summed E-state index contributed by atoms with van der Waals surface area (Å²) in [7, 11) is 1.42. The van der Waals surface area contributed by atoms with E-state index >= 15 is 0 Å². The molecule has 0 aromatic heterocycles. The van der Waals surface area contributed by atoms with Gasteiger partial charge in [-0.25, -0.2) is 4.39 Å². The highest BCUT2D eigenvalue weighted by Gasteiger charge is 2.12. The van der Waals surface area contributed by atoms with Crippen molar-refractivity contribution in [2.45, 2.75) is 32.1 Å². The molecule has 116 valence electrons. The zero-order chi connectivity index (χ0) is 15.7. The zero-order valence-electron chi connectivity index (χ0n) is 12.0. The third-order valence-corrected chi connectivity index (χ3v) is 3.01. The summed E-state index contributed by atoms with van der Waals surface area (Å²) in [5.74, 6) is -1.33. The summed E-state index contributed by atoms with van der Waals surface area (Å²) < 4.78 is 18.2. The van der Waals surface area contributed by atoms with E-state index in [0.29, 0.717) is 18.7 Å². The zero-order valence-corrected chi connectivity index (χ0v) is 12.0. The van der Waals surface area contributed by atoms with E-state index in [1.165, 1.54) is 19.2 Å². The SMILES string of the molecule is COc1ccc(F)cc1C(=O)NCCCCCCC(=O)O. The average Bonchev–Trinajstić information content (AvgIpc) is 2.45. The number of halogens is 1. The first-order valence-electron chi connectivity index (χ1n) is 6.88. The largest absolute Gasteiger partial charge is 0.496 e. The first kappa shape index (κ1) is 16.9. The fourth-order valence-corrected chi connectivity index (χ4v) is 1.91. The van der Waals surface area contributed by atoms with Crippen LogP contribution < -0.4 is 10.1 Å². The van der Waals surface area contributed by atoms with Crippen molar-refractivity contribution < 1.29 is 23.8 Å². The minimum Gasteiger partial charge on any atom is -0.496 e. The number of aliphatic carboxylic acids is 1. The maximum absolute atomic E-state index is 13.2. The summed E-state index contributed by atoms with van der Waals surface area (Å²) in [4.78, 5) is 22.2. The van der Waals surface area contributed by atoms with Crippen LogP contribution in [0.4, 0.5) is 4.39 Å². The van der Waals surface area contributed by atoms with Crippen LogP contribution in [0.15, 0.2) is 18.2 Å². The number of amides is 1. The highest BCUT2D eigenvalue weighted by Crippen LogP contribution is 2.19. The lowest BCUT2D eigenvalue weighted by Crippen LogP contribution is -2.25. The van der Waals surface area contributed by atoms with Gasteiger partial charge in [0.1, 0.15) is 11.6 Å². The second-order valence-corrected chi connectivity index (χ2v) is 4.66. The van der Waals surface area contributed by atoms with E-state index in [1.54, 1.807) is 0 Å². The lowest BCUT2D eigenvalue weighted by molar-refractivity contribution is -0.137. The molecule has 0 spiro atoms. The summed E-state index contributed by atoms with van der Waals surface area (Å²) in [6.45, 7) is 0.464. The highest BCUT2D eigenvalue weighted by atomic mass is 19.1. The number of nitrogens with one attached hydrogen (secondary N) is 1. The topological polar surface area (TPSA) is 75.6 Å². The van der Waals surface area contributed by atoms with Crippen molar-refractivity contribution in [3.05, 3.63) is 29.6 Å². The van der Waals surface area contributed by atoms with Gasteiger partial charge in [0, 0.05) is 13.0 Å². The van der Waals surface area contributed by atoms with Crippen molar-refractivity contribution in [3.63, 3.8) is 0 Å². The molecular formula is C15H20FNO4. The molecule has 6 heteroatoms. The van der Waals surface area contributed by atoms with Crippen LogP contribution in [0.3, 0.4) is 0 Å². The fraction of sp³-hybridized carbons (Fsp3) is 0.467. The van der Waals surface area contributed by atoms with Crippen LogP contribution in [0, 0.1) is 5.82 Å². The van der Waals surface area contributed by atoms with E-state index < -0.39 is 11.8 Å². The number of methoxy groups -OCH3 is 1. The molecule has 0 aliphatic rings. The first-order chi connectivity index (χ1) is 10.0. The van der Waals surface area contributed by atoms with Crippen molar-refractivity contribution in [1.29, 1.82) is 0 Å². The van der Waals surface area contributed by atoms with Crippen molar-refractivity contribution in [2.24, 2.45) is 0 Å². The highest BCUT2D eigenvalue weighted by molar-refractivity contribution is 5.96. The number of carbonyl (C=O) groups excluding carboxylic acids is 1. The molecule has 5 nitrogen and oxygen atoms in total. The molecule has 0 unspecified atom stereocenters. The molecule has 0 saturated carbocycles. The third kappa shape index (κ3) is 6.25. The average molecular weight is 297 g/mol. The minimum absolute atomic E-state index is 0.170. The van der Waals surface area contributed by atoms with E-state index in [4.69, 9.17) is 9.84 Å². The van der Waals surface area contributed by atoms with Gasteiger partial charge in [-0.15, -0.1) is 0 Å². The first-order valence-corrected chi connectivity index (χ1v) is 6.88. The summed E-state index contributed by atoms with van der Waals surface area (Å²) in [5.41, 5.74) is 0.170. The Labute approximate surface area is 123 Å². The van der Waals surface area contributed by atoms with E-state index in [9.17, 15) is 14.0 Å². The number of hydrogen-bond acceptors (Lipinski definition) is 3. The molecule has 1 aromatic rings. The van der Waals surface area contributed by atoms with Gasteiger partial charge in [0.2, 0.25) is 0 Å². The number of carboxylic acids is 1. The van der Waals surface area contributed by atoms with Gasteiger partial charge in [-0.3, -0.25) is 9.59 Å². The maximum Gasteiger partial charge on any atom is 0.303 e. The normalized spacial score (nSPS) is 10.2. The Bertz CT molecular complexity index is 491. The number of hydrogen-bond donors (Lipinski definition) is 2. The molecular weight excluding hydrogens is 277 g/mol. The Morgan fingerprint density at radius 3 is 2.62 bits per heavy atom. The van der Waals surface area contributed by atoms with E-state index in [2.05, 4.69) is 5.32 Å². The smallest absolute Gasteiger partial charge is 0.303 e. The van der Waals surface area contributed by atoms with Crippen LogP contribution in [0.25, 0.3) is 0 Å². The van der Waals surface area contributed by atoms with Gasteiger partial charge in [-0.05, 0) is 31.0 Å². The fourth-order valence-electron chi connectivity index (χ4n) is 1.91. The van der Waals surface area contributed by atoms with E-state index in [0.717, 1.165) is 25.3 Å². The third-order valence-electron chi connectivity index (χ3n) is 3.01. The molecule has 0 atom stereocenters. The summed E-state index contributed by atoms with van der Waals surface area (Å²) >= 11 is 0. The van der Waals surface area contributed by atoms with Crippen LogP contribution in [-0.4, -0.2) is 30.6 Å². The van der Waals surface area contributed by atoms with Crippen LogP contribution in [-0.2, 0) is 4.79 Å². The number of rotatable bonds is 9. The number of carboxylic acid groups (broad SMARTS) is 1. The minimum atomic E-state index is -0.790. The van der Waals surface area contributed by atoms with Crippen molar-refractivity contribution >= 4 is 11.9 Å². The van der Waals surface area contributed by atoms with E-state index in [1.807, 2.05) is 0 Å². The monoisotopic (exact) mass is 297 g/mol. The molecule has 1 aromatic carbocycles. The molecule has 0 radical (unpaired) electrons. The summed E-state index contributed by atoms with van der Waals surface area (Å²) in [6.07, 6.45) is 3.22. The van der Waals surface area contributed by atoms with E-state index in [-0.39, 0.29) is 17.9 Å². The molecule has 0 aliphatic heterocycles. The predicted octanol–water partition coefficient (Wildman–Crippen LogP) is 2.60. The quantitative estimate of drug-likeness (QED) is 0.687. The van der Waals surface area contributed by atoms with Crippen LogP contribution in [0.5, 0.6) is 5.75 Å².